The smallest absolute Gasteiger partial charge is 0.256 e. The van der Waals surface area contributed by atoms with E-state index >= 15 is 0 Å². The molecule has 2 N–H and O–H groups in total. The van der Waals surface area contributed by atoms with E-state index in [4.69, 9.17) is 16.3 Å². The zero-order chi connectivity index (χ0) is 24.9. The number of H-pyrrole nitrogens is 1. The van der Waals surface area contributed by atoms with Crippen LogP contribution in [0.5, 0.6) is 11.5 Å². The third kappa shape index (κ3) is 6.03. The molecule has 1 aromatic carbocycles. The number of nitrogens with one attached hydrogen (secondary N) is 2. The van der Waals surface area contributed by atoms with Gasteiger partial charge in [0.15, 0.2) is 0 Å². The maximum absolute atomic E-state index is 13.0. The van der Waals surface area contributed by atoms with Gasteiger partial charge < -0.3 is 19.9 Å². The Morgan fingerprint density at radius 3 is 2.43 bits per heavy atom. The molecule has 0 spiro atoms. The highest BCUT2D eigenvalue weighted by atomic mass is 35.5. The lowest BCUT2D eigenvalue weighted by atomic mass is 10.2. The van der Waals surface area contributed by atoms with E-state index in [0.717, 1.165) is 0 Å². The summed E-state index contributed by atoms with van der Waals surface area (Å²) in [5.74, 6) is 0.442. The molecule has 1 fully saturated rings. The van der Waals surface area contributed by atoms with Crippen LogP contribution in [0.25, 0.3) is 0 Å². The number of ether oxygens (including phenoxy) is 1. The number of carbonyl (C=O) groups is 2. The highest BCUT2D eigenvalue weighted by molar-refractivity contribution is 6.33. The van der Waals surface area contributed by atoms with Gasteiger partial charge in [0.1, 0.15) is 23.1 Å². The summed E-state index contributed by atoms with van der Waals surface area (Å²) in [4.78, 5) is 47.1. The van der Waals surface area contributed by atoms with E-state index in [9.17, 15) is 18.8 Å². The summed E-state index contributed by atoms with van der Waals surface area (Å²) in [6, 6.07) is 9.62. The third-order valence-corrected chi connectivity index (χ3v) is 5.98. The monoisotopic (exact) mass is 499 g/mol. The minimum atomic E-state index is -0.444. The largest absolute Gasteiger partial charge is 0.456 e. The first kappa shape index (κ1) is 24.4. The lowest BCUT2D eigenvalue weighted by Crippen LogP contribution is -2.54. The highest BCUT2D eigenvalue weighted by Crippen LogP contribution is 2.22. The highest BCUT2D eigenvalue weighted by Gasteiger charge is 2.29. The van der Waals surface area contributed by atoms with E-state index in [1.807, 2.05) is 4.90 Å². The first-order valence-corrected chi connectivity index (χ1v) is 11.3. The van der Waals surface area contributed by atoms with Crippen molar-refractivity contribution in [3.8, 4) is 11.5 Å². The predicted octanol–water partition coefficient (Wildman–Crippen LogP) is 3.14. The van der Waals surface area contributed by atoms with Gasteiger partial charge >= 0.3 is 0 Å². The fraction of sp³-hybridized carbons (Fsp3) is 0.250. The summed E-state index contributed by atoms with van der Waals surface area (Å²) in [6.07, 6.45) is 2.79. The van der Waals surface area contributed by atoms with Gasteiger partial charge in [-0.3, -0.25) is 19.3 Å². The number of aromatic nitrogens is 2. The summed E-state index contributed by atoms with van der Waals surface area (Å²) in [5.41, 5.74) is -0.135. The molecule has 3 aromatic rings. The minimum absolute atomic E-state index is 0.107. The maximum Gasteiger partial charge on any atom is 0.256 e. The number of halogens is 2. The number of amides is 2. The van der Waals surface area contributed by atoms with Crippen LogP contribution in [0, 0.1) is 5.82 Å². The number of rotatable bonds is 6. The van der Waals surface area contributed by atoms with Crippen LogP contribution in [-0.4, -0.2) is 63.8 Å². The Bertz CT molecular complexity index is 1260. The number of aromatic amines is 1. The molecule has 0 unspecified atom stereocenters. The summed E-state index contributed by atoms with van der Waals surface area (Å²) in [5, 5.41) is 2.89. The molecule has 11 heteroatoms. The molecule has 3 heterocycles. The number of pyridine rings is 2. The second kappa shape index (κ2) is 10.7. The minimum Gasteiger partial charge on any atom is -0.456 e. The zero-order valence-corrected chi connectivity index (χ0v) is 19.6. The molecule has 0 saturated carbocycles. The lowest BCUT2D eigenvalue weighted by Gasteiger charge is -2.37. The second-order valence-electron chi connectivity index (χ2n) is 7.99. The SMILES string of the molecule is C[C@H](C(=O)Nc1ccc(Oc2ccc(F)cc2)cn1)N1CCN(C(=O)c2c[nH]c(=O)cc2Cl)CC1. The van der Waals surface area contributed by atoms with Crippen molar-refractivity contribution in [1.29, 1.82) is 0 Å². The van der Waals surface area contributed by atoms with Crippen molar-refractivity contribution in [1.82, 2.24) is 19.8 Å². The van der Waals surface area contributed by atoms with Crippen molar-refractivity contribution < 1.29 is 18.7 Å². The van der Waals surface area contributed by atoms with E-state index < -0.39 is 6.04 Å². The molecular formula is C24H23ClFN5O4. The van der Waals surface area contributed by atoms with Gasteiger partial charge in [0.2, 0.25) is 11.5 Å². The van der Waals surface area contributed by atoms with E-state index in [0.29, 0.717) is 43.5 Å². The van der Waals surface area contributed by atoms with E-state index in [1.165, 1.54) is 42.7 Å². The van der Waals surface area contributed by atoms with Crippen molar-refractivity contribution >= 4 is 29.2 Å². The topological polar surface area (TPSA) is 108 Å². The van der Waals surface area contributed by atoms with Gasteiger partial charge in [-0.05, 0) is 43.3 Å². The van der Waals surface area contributed by atoms with E-state index in [-0.39, 0.29) is 33.8 Å². The summed E-state index contributed by atoms with van der Waals surface area (Å²) < 4.78 is 18.6. The van der Waals surface area contributed by atoms with E-state index in [1.54, 1.807) is 24.0 Å². The Morgan fingerprint density at radius 2 is 1.80 bits per heavy atom. The molecule has 0 aliphatic carbocycles. The van der Waals surface area contributed by atoms with Gasteiger partial charge in [0, 0.05) is 38.4 Å². The Labute approximate surface area is 205 Å². The van der Waals surface area contributed by atoms with Gasteiger partial charge in [-0.25, -0.2) is 9.37 Å². The van der Waals surface area contributed by atoms with Gasteiger partial charge in [-0.1, -0.05) is 11.6 Å². The maximum atomic E-state index is 13.0. The molecule has 1 aliphatic heterocycles. The second-order valence-corrected chi connectivity index (χ2v) is 8.39. The van der Waals surface area contributed by atoms with Crippen LogP contribution in [0.15, 0.2) is 59.7 Å². The van der Waals surface area contributed by atoms with Gasteiger partial charge in [-0.2, -0.15) is 0 Å². The number of anilines is 1. The van der Waals surface area contributed by atoms with Crippen LogP contribution in [0.4, 0.5) is 10.2 Å². The Balaban J connectivity index is 1.28. The quantitative estimate of drug-likeness (QED) is 0.539. The van der Waals surface area contributed by atoms with Crippen molar-refractivity contribution in [2.75, 3.05) is 31.5 Å². The third-order valence-electron chi connectivity index (χ3n) is 5.67. The average Bonchev–Trinajstić information content (AvgIpc) is 2.86. The number of carbonyl (C=O) groups excluding carboxylic acids is 2. The first-order valence-electron chi connectivity index (χ1n) is 10.9. The molecule has 182 valence electrons. The molecule has 0 bridgehead atoms. The molecule has 35 heavy (non-hydrogen) atoms. The normalized spacial score (nSPS) is 14.9. The van der Waals surface area contributed by atoms with Crippen molar-refractivity contribution in [3.05, 3.63) is 81.6 Å². The van der Waals surface area contributed by atoms with Crippen LogP contribution in [0.1, 0.15) is 17.3 Å². The zero-order valence-electron chi connectivity index (χ0n) is 18.8. The Morgan fingerprint density at radius 1 is 1.11 bits per heavy atom. The summed E-state index contributed by atoms with van der Waals surface area (Å²) in [6.45, 7) is 3.62. The van der Waals surface area contributed by atoms with Crippen LogP contribution in [0.2, 0.25) is 5.02 Å². The number of benzene rings is 1. The van der Waals surface area contributed by atoms with Crippen LogP contribution >= 0.6 is 11.6 Å². The van der Waals surface area contributed by atoms with Crippen molar-refractivity contribution in [2.24, 2.45) is 0 Å². The van der Waals surface area contributed by atoms with Gasteiger partial charge in [0.25, 0.3) is 5.91 Å². The lowest BCUT2D eigenvalue weighted by molar-refractivity contribution is -0.121. The fourth-order valence-corrected chi connectivity index (χ4v) is 3.88. The van der Waals surface area contributed by atoms with Crippen LogP contribution in [-0.2, 0) is 4.79 Å². The molecule has 1 atom stereocenters. The molecule has 9 nitrogen and oxygen atoms in total. The Hall–Kier alpha value is -3.76. The molecule has 0 radical (unpaired) electrons. The number of hydrogen-bond acceptors (Lipinski definition) is 6. The Kier molecular flexibility index (Phi) is 7.42. The molecule has 1 aliphatic rings. The van der Waals surface area contributed by atoms with Crippen molar-refractivity contribution in [2.45, 2.75) is 13.0 Å². The summed E-state index contributed by atoms with van der Waals surface area (Å²) >= 11 is 6.04. The first-order chi connectivity index (χ1) is 16.8. The van der Waals surface area contributed by atoms with Gasteiger partial charge in [-0.15, -0.1) is 0 Å². The molecule has 4 rings (SSSR count). The average molecular weight is 500 g/mol. The molecule has 2 amide bonds. The fourth-order valence-electron chi connectivity index (χ4n) is 3.64. The number of nitrogens with zero attached hydrogens (tertiary/aromatic N) is 3. The van der Waals surface area contributed by atoms with Crippen LogP contribution in [0.3, 0.4) is 0 Å². The molecular weight excluding hydrogens is 477 g/mol. The standard InChI is InChI=1S/C24H23ClFN5O4/c1-15(30-8-10-31(11-9-30)24(34)19-14-28-22(32)12-20(19)25)23(33)29-21-7-6-18(13-27-21)35-17-4-2-16(26)3-5-17/h2-7,12-15H,8-11H2,1H3,(H,28,32)(H,27,29,33)/t15-/m1/s1. The van der Waals surface area contributed by atoms with Crippen LogP contribution < -0.4 is 15.6 Å². The number of piperazine rings is 1. The number of hydrogen-bond donors (Lipinski definition) is 2. The molecule has 1 saturated heterocycles. The molecule has 2 aromatic heterocycles. The predicted molar refractivity (Wildman–Crippen MR) is 128 cm³/mol. The van der Waals surface area contributed by atoms with Crippen molar-refractivity contribution in [3.63, 3.8) is 0 Å². The van der Waals surface area contributed by atoms with Gasteiger partial charge in [0.05, 0.1) is 22.8 Å². The van der Waals surface area contributed by atoms with E-state index in [2.05, 4.69) is 15.3 Å². The summed E-state index contributed by atoms with van der Waals surface area (Å²) in [7, 11) is 0.